The summed E-state index contributed by atoms with van der Waals surface area (Å²) in [5.41, 5.74) is 4.61. The van der Waals surface area contributed by atoms with Crippen LogP contribution in [0.1, 0.15) is 59.7 Å². The minimum atomic E-state index is -0.936. The van der Waals surface area contributed by atoms with Gasteiger partial charge in [-0.2, -0.15) is 0 Å². The fraction of sp³-hybridized carbons (Fsp3) is 0.280. The van der Waals surface area contributed by atoms with Gasteiger partial charge in [-0.05, 0) is 54.8 Å². The number of aliphatic carboxylic acids is 1. The lowest BCUT2D eigenvalue weighted by Crippen LogP contribution is -2.06. The normalized spacial score (nSPS) is 12.6. The summed E-state index contributed by atoms with van der Waals surface area (Å²) in [6.07, 6.45) is 5.50. The van der Waals surface area contributed by atoms with Crippen LogP contribution in [0.5, 0.6) is 5.75 Å². The van der Waals surface area contributed by atoms with Gasteiger partial charge in [0.25, 0.3) is 0 Å². The first-order valence-electron chi connectivity index (χ1n) is 10.2. The molecule has 0 aliphatic heterocycles. The smallest absolute Gasteiger partial charge is 0.337 e. The summed E-state index contributed by atoms with van der Waals surface area (Å²) in [5, 5.41) is 10.2. The average Bonchev–Trinajstić information content (AvgIpc) is 3.19. The molecular weight excluding hydrogens is 394 g/mol. The average molecular weight is 421 g/mol. The van der Waals surface area contributed by atoms with E-state index in [0.29, 0.717) is 11.3 Å². The molecule has 3 aromatic rings. The summed E-state index contributed by atoms with van der Waals surface area (Å²) >= 11 is 0. The van der Waals surface area contributed by atoms with Crippen molar-refractivity contribution in [2.45, 2.75) is 32.6 Å². The third kappa shape index (κ3) is 4.63. The van der Waals surface area contributed by atoms with Gasteiger partial charge in [0, 0.05) is 34.2 Å². The van der Waals surface area contributed by atoms with Crippen LogP contribution in [0.3, 0.4) is 0 Å². The Bertz CT molecular complexity index is 1140. The predicted molar refractivity (Wildman–Crippen MR) is 121 cm³/mol. The standard InChI is InChI=1S/C25H27NO5/c1-5-6-18(19-9-8-17(25(29)31-4)13-23(19)30-3)21-14-26-22-10-7-16(12-20(21)22)11-15(2)24(27)28/h7-14,18,26H,5-6H2,1-4H3,(H,27,28). The molecule has 2 aromatic carbocycles. The van der Waals surface area contributed by atoms with Gasteiger partial charge in [-0.1, -0.05) is 25.5 Å². The van der Waals surface area contributed by atoms with Gasteiger partial charge >= 0.3 is 11.9 Å². The van der Waals surface area contributed by atoms with Crippen LogP contribution in [-0.2, 0) is 9.53 Å². The van der Waals surface area contributed by atoms with Crippen molar-refractivity contribution in [3.8, 4) is 5.75 Å². The van der Waals surface area contributed by atoms with Crippen molar-refractivity contribution < 1.29 is 24.2 Å². The molecule has 162 valence electrons. The van der Waals surface area contributed by atoms with Crippen LogP contribution >= 0.6 is 0 Å². The van der Waals surface area contributed by atoms with E-state index in [1.165, 1.54) is 7.11 Å². The summed E-state index contributed by atoms with van der Waals surface area (Å²) < 4.78 is 10.5. The zero-order valence-corrected chi connectivity index (χ0v) is 18.2. The minimum absolute atomic E-state index is 0.0418. The SMILES string of the molecule is CCCC(c1ccc(C(=O)OC)cc1OC)c1c[nH]c2ccc(C=C(C)C(=O)O)cc12. The van der Waals surface area contributed by atoms with Crippen LogP contribution in [0.4, 0.5) is 0 Å². The lowest BCUT2D eigenvalue weighted by Gasteiger charge is -2.20. The number of fused-ring (bicyclic) bond motifs is 1. The topological polar surface area (TPSA) is 88.6 Å². The Morgan fingerprint density at radius 3 is 2.55 bits per heavy atom. The maximum absolute atomic E-state index is 11.9. The molecule has 0 radical (unpaired) electrons. The van der Waals surface area contributed by atoms with E-state index in [1.807, 2.05) is 30.5 Å². The van der Waals surface area contributed by atoms with Gasteiger partial charge in [0.2, 0.25) is 0 Å². The van der Waals surface area contributed by atoms with E-state index < -0.39 is 11.9 Å². The first-order valence-corrected chi connectivity index (χ1v) is 10.2. The van der Waals surface area contributed by atoms with Crippen molar-refractivity contribution in [3.05, 3.63) is 70.4 Å². The predicted octanol–water partition coefficient (Wildman–Crippen LogP) is 5.38. The van der Waals surface area contributed by atoms with Crippen LogP contribution in [0, 0.1) is 0 Å². The molecule has 0 fully saturated rings. The second-order valence-corrected chi connectivity index (χ2v) is 7.47. The molecule has 6 heteroatoms. The number of carboxylic acid groups (broad SMARTS) is 1. The van der Waals surface area contributed by atoms with Crippen molar-refractivity contribution >= 4 is 28.9 Å². The third-order valence-electron chi connectivity index (χ3n) is 5.44. The molecule has 0 aliphatic rings. The Morgan fingerprint density at radius 2 is 1.90 bits per heavy atom. The number of carbonyl (C=O) groups is 2. The molecule has 0 spiro atoms. The van der Waals surface area contributed by atoms with E-state index in [9.17, 15) is 14.7 Å². The fourth-order valence-electron chi connectivity index (χ4n) is 3.86. The number of carbonyl (C=O) groups excluding carboxylic acids is 1. The lowest BCUT2D eigenvalue weighted by molar-refractivity contribution is -0.132. The van der Waals surface area contributed by atoms with E-state index in [4.69, 9.17) is 9.47 Å². The maximum Gasteiger partial charge on any atom is 0.337 e. The number of rotatable bonds is 8. The molecular formula is C25H27NO5. The zero-order valence-electron chi connectivity index (χ0n) is 18.2. The number of nitrogens with one attached hydrogen (secondary N) is 1. The van der Waals surface area contributed by atoms with Gasteiger partial charge < -0.3 is 19.6 Å². The van der Waals surface area contributed by atoms with Crippen molar-refractivity contribution in [1.29, 1.82) is 0 Å². The number of hydrogen-bond donors (Lipinski definition) is 2. The number of benzene rings is 2. The molecule has 0 amide bonds. The van der Waals surface area contributed by atoms with Gasteiger partial charge in [-0.25, -0.2) is 9.59 Å². The number of carboxylic acids is 1. The van der Waals surface area contributed by atoms with Crippen LogP contribution in [-0.4, -0.2) is 36.2 Å². The molecule has 0 bridgehead atoms. The van der Waals surface area contributed by atoms with Crippen molar-refractivity contribution in [3.63, 3.8) is 0 Å². The van der Waals surface area contributed by atoms with E-state index in [-0.39, 0.29) is 11.5 Å². The molecule has 3 rings (SSSR count). The molecule has 2 N–H and O–H groups in total. The number of hydrogen-bond acceptors (Lipinski definition) is 4. The first kappa shape index (κ1) is 22.2. The second kappa shape index (κ2) is 9.51. The number of ether oxygens (including phenoxy) is 2. The first-order chi connectivity index (χ1) is 14.9. The highest BCUT2D eigenvalue weighted by atomic mass is 16.5. The Hall–Kier alpha value is -3.54. The minimum Gasteiger partial charge on any atom is -0.496 e. The maximum atomic E-state index is 11.9. The fourth-order valence-corrected chi connectivity index (χ4v) is 3.86. The Balaban J connectivity index is 2.12. The Labute approximate surface area is 181 Å². The van der Waals surface area contributed by atoms with Crippen molar-refractivity contribution in [2.24, 2.45) is 0 Å². The van der Waals surface area contributed by atoms with Crippen LogP contribution in [0.25, 0.3) is 17.0 Å². The molecule has 0 aliphatic carbocycles. The summed E-state index contributed by atoms with van der Waals surface area (Å²) in [7, 11) is 2.95. The number of esters is 1. The molecule has 1 atom stereocenters. The quantitative estimate of drug-likeness (QED) is 0.376. The molecule has 6 nitrogen and oxygen atoms in total. The van der Waals surface area contributed by atoms with Gasteiger partial charge in [0.05, 0.1) is 19.8 Å². The van der Waals surface area contributed by atoms with Crippen molar-refractivity contribution in [2.75, 3.05) is 14.2 Å². The lowest BCUT2D eigenvalue weighted by atomic mass is 9.86. The molecule has 1 heterocycles. The molecule has 1 aromatic heterocycles. The summed E-state index contributed by atoms with van der Waals surface area (Å²) in [6, 6.07) is 11.2. The highest BCUT2D eigenvalue weighted by Gasteiger charge is 2.22. The van der Waals surface area contributed by atoms with Crippen LogP contribution < -0.4 is 4.74 Å². The highest BCUT2D eigenvalue weighted by Crippen LogP contribution is 2.39. The Morgan fingerprint density at radius 1 is 1.13 bits per heavy atom. The van der Waals surface area contributed by atoms with Gasteiger partial charge in [-0.3, -0.25) is 0 Å². The zero-order chi connectivity index (χ0) is 22.5. The van der Waals surface area contributed by atoms with Crippen LogP contribution in [0.15, 0.2) is 48.2 Å². The summed E-state index contributed by atoms with van der Waals surface area (Å²) in [6.45, 7) is 3.71. The number of aromatic amines is 1. The summed E-state index contributed by atoms with van der Waals surface area (Å²) in [4.78, 5) is 26.5. The largest absolute Gasteiger partial charge is 0.496 e. The van der Waals surface area contributed by atoms with Gasteiger partial charge in [0.15, 0.2) is 0 Å². The number of H-pyrrole nitrogens is 1. The van der Waals surface area contributed by atoms with E-state index in [2.05, 4.69) is 11.9 Å². The molecule has 31 heavy (non-hydrogen) atoms. The van der Waals surface area contributed by atoms with E-state index in [0.717, 1.165) is 40.4 Å². The number of aromatic nitrogens is 1. The highest BCUT2D eigenvalue weighted by molar-refractivity contribution is 5.93. The molecule has 0 saturated heterocycles. The molecule has 1 unspecified atom stereocenters. The van der Waals surface area contributed by atoms with Crippen molar-refractivity contribution in [1.82, 2.24) is 4.98 Å². The number of methoxy groups -OCH3 is 2. The van der Waals surface area contributed by atoms with E-state index in [1.54, 1.807) is 32.2 Å². The van der Waals surface area contributed by atoms with Crippen LogP contribution in [0.2, 0.25) is 0 Å². The van der Waals surface area contributed by atoms with Gasteiger partial charge in [0.1, 0.15) is 5.75 Å². The third-order valence-corrected chi connectivity index (χ3v) is 5.44. The Kier molecular flexibility index (Phi) is 6.80. The van der Waals surface area contributed by atoms with Gasteiger partial charge in [-0.15, -0.1) is 0 Å². The van der Waals surface area contributed by atoms with E-state index >= 15 is 0 Å². The monoisotopic (exact) mass is 421 g/mol. The second-order valence-electron chi connectivity index (χ2n) is 7.47. The summed E-state index contributed by atoms with van der Waals surface area (Å²) in [5.74, 6) is -0.670. The molecule has 0 saturated carbocycles.